The van der Waals surface area contributed by atoms with Gasteiger partial charge in [-0.3, -0.25) is 4.79 Å². The Kier molecular flexibility index (Phi) is 4.79. The Balaban J connectivity index is 1.86. The predicted molar refractivity (Wildman–Crippen MR) is 80.3 cm³/mol. The van der Waals surface area contributed by atoms with Gasteiger partial charge in [0.2, 0.25) is 11.9 Å². The molecule has 1 saturated heterocycles. The average molecular weight is 307 g/mol. The van der Waals surface area contributed by atoms with E-state index in [0.717, 1.165) is 5.56 Å². The molecule has 0 atom stereocenters. The van der Waals surface area contributed by atoms with E-state index in [4.69, 9.17) is 4.74 Å². The minimum Gasteiger partial charge on any atom is -0.444 e. The summed E-state index contributed by atoms with van der Waals surface area (Å²) in [4.78, 5) is 33.2. The number of rotatable bonds is 3. The van der Waals surface area contributed by atoms with Crippen LogP contribution in [0.25, 0.3) is 0 Å². The van der Waals surface area contributed by atoms with Crippen LogP contribution in [0.5, 0.6) is 0 Å². The van der Waals surface area contributed by atoms with Crippen molar-refractivity contribution in [3.8, 4) is 0 Å². The van der Waals surface area contributed by atoms with Crippen LogP contribution < -0.4 is 15.5 Å². The molecule has 0 radical (unpaired) electrons. The fourth-order valence-corrected chi connectivity index (χ4v) is 1.90. The smallest absolute Gasteiger partial charge is 0.407 e. The average Bonchev–Trinajstić information content (AvgIpc) is 2.44. The minimum absolute atomic E-state index is 0.0366. The van der Waals surface area contributed by atoms with Crippen LogP contribution >= 0.6 is 0 Å². The Hall–Kier alpha value is -2.38. The number of carbonyl (C=O) groups excluding carboxylic acids is 2. The molecule has 2 amide bonds. The quantitative estimate of drug-likeness (QED) is 0.841. The molecule has 0 bridgehead atoms. The number of carbonyl (C=O) groups is 2. The van der Waals surface area contributed by atoms with Crippen LogP contribution in [-0.2, 0) is 16.1 Å². The zero-order valence-corrected chi connectivity index (χ0v) is 13.0. The lowest BCUT2D eigenvalue weighted by Gasteiger charge is -2.26. The Labute approximate surface area is 129 Å². The number of hydrogen-bond acceptors (Lipinski definition) is 6. The fraction of sp³-hybridized carbons (Fsp3) is 0.571. The number of amides is 2. The lowest BCUT2D eigenvalue weighted by molar-refractivity contribution is -0.120. The molecule has 1 aromatic heterocycles. The molecule has 0 aromatic carbocycles. The third-order valence-corrected chi connectivity index (χ3v) is 2.85. The van der Waals surface area contributed by atoms with Gasteiger partial charge in [-0.2, -0.15) is 0 Å². The zero-order valence-electron chi connectivity index (χ0n) is 13.0. The minimum atomic E-state index is -0.528. The highest BCUT2D eigenvalue weighted by atomic mass is 16.6. The molecule has 2 N–H and O–H groups in total. The van der Waals surface area contributed by atoms with Crippen molar-refractivity contribution in [2.45, 2.75) is 32.9 Å². The first kappa shape index (κ1) is 16.0. The molecular formula is C14H21N5O3. The van der Waals surface area contributed by atoms with Gasteiger partial charge in [-0.15, -0.1) is 0 Å². The topological polar surface area (TPSA) is 96.5 Å². The van der Waals surface area contributed by atoms with Gasteiger partial charge in [0.1, 0.15) is 5.60 Å². The number of anilines is 1. The van der Waals surface area contributed by atoms with Crippen molar-refractivity contribution in [1.82, 2.24) is 20.6 Å². The van der Waals surface area contributed by atoms with Crippen molar-refractivity contribution in [2.75, 3.05) is 24.5 Å². The maximum absolute atomic E-state index is 11.6. The molecule has 0 aliphatic carbocycles. The molecule has 1 aliphatic rings. The molecule has 1 aromatic rings. The van der Waals surface area contributed by atoms with Crippen LogP contribution in [0.1, 0.15) is 26.3 Å². The second-order valence-electron chi connectivity index (χ2n) is 6.02. The molecule has 0 saturated carbocycles. The van der Waals surface area contributed by atoms with E-state index in [0.29, 0.717) is 19.0 Å². The van der Waals surface area contributed by atoms with Gasteiger partial charge < -0.3 is 20.3 Å². The van der Waals surface area contributed by atoms with Crippen molar-refractivity contribution in [3.05, 3.63) is 18.0 Å². The van der Waals surface area contributed by atoms with Gasteiger partial charge >= 0.3 is 6.09 Å². The van der Waals surface area contributed by atoms with E-state index in [-0.39, 0.29) is 19.0 Å². The summed E-state index contributed by atoms with van der Waals surface area (Å²) < 4.78 is 5.15. The molecule has 120 valence electrons. The molecule has 0 spiro atoms. The number of piperazine rings is 1. The number of nitrogens with zero attached hydrogens (tertiary/aromatic N) is 3. The lowest BCUT2D eigenvalue weighted by atomic mass is 10.2. The standard InChI is InChI=1S/C14H21N5O3/c1-14(2,3)22-13(21)18-8-10-6-16-12(17-7-10)19-5-4-15-11(20)9-19/h6-7H,4-5,8-9H2,1-3H3,(H,15,20)(H,18,21). The molecule has 8 heteroatoms. The summed E-state index contributed by atoms with van der Waals surface area (Å²) in [7, 11) is 0. The number of nitrogens with one attached hydrogen (secondary N) is 2. The van der Waals surface area contributed by atoms with Gasteiger partial charge in [0.15, 0.2) is 0 Å². The van der Waals surface area contributed by atoms with Crippen LogP contribution in [0.2, 0.25) is 0 Å². The van der Waals surface area contributed by atoms with Crippen molar-refractivity contribution >= 4 is 17.9 Å². The number of hydrogen-bond donors (Lipinski definition) is 2. The predicted octanol–water partition coefficient (Wildman–Crippen LogP) is 0.437. The zero-order chi connectivity index (χ0) is 16.2. The van der Waals surface area contributed by atoms with Crippen LogP contribution in [0.15, 0.2) is 12.4 Å². The maximum Gasteiger partial charge on any atom is 0.407 e. The Morgan fingerprint density at radius 2 is 2.09 bits per heavy atom. The Morgan fingerprint density at radius 3 is 2.68 bits per heavy atom. The van der Waals surface area contributed by atoms with Crippen LogP contribution in [-0.4, -0.2) is 47.2 Å². The molecule has 1 aliphatic heterocycles. The summed E-state index contributed by atoms with van der Waals surface area (Å²) in [6.07, 6.45) is 2.78. The van der Waals surface area contributed by atoms with E-state index in [9.17, 15) is 9.59 Å². The second-order valence-corrected chi connectivity index (χ2v) is 6.02. The molecular weight excluding hydrogens is 286 g/mol. The molecule has 2 heterocycles. The molecule has 0 unspecified atom stereocenters. The van der Waals surface area contributed by atoms with Crippen molar-refractivity contribution in [1.29, 1.82) is 0 Å². The van der Waals surface area contributed by atoms with Gasteiger partial charge in [-0.1, -0.05) is 0 Å². The van der Waals surface area contributed by atoms with Gasteiger partial charge in [0.25, 0.3) is 0 Å². The first-order chi connectivity index (χ1) is 10.3. The number of alkyl carbamates (subject to hydrolysis) is 1. The van der Waals surface area contributed by atoms with E-state index in [2.05, 4.69) is 20.6 Å². The Morgan fingerprint density at radius 1 is 1.41 bits per heavy atom. The second kappa shape index (κ2) is 6.59. The highest BCUT2D eigenvalue weighted by Crippen LogP contribution is 2.09. The van der Waals surface area contributed by atoms with Gasteiger partial charge in [0, 0.05) is 37.6 Å². The van der Waals surface area contributed by atoms with Crippen LogP contribution in [0.4, 0.5) is 10.7 Å². The molecule has 8 nitrogen and oxygen atoms in total. The summed E-state index contributed by atoms with van der Waals surface area (Å²) in [6, 6.07) is 0. The summed E-state index contributed by atoms with van der Waals surface area (Å²) in [6.45, 7) is 7.23. The highest BCUT2D eigenvalue weighted by Gasteiger charge is 2.19. The third kappa shape index (κ3) is 4.87. The molecule has 1 fully saturated rings. The molecule has 2 rings (SSSR count). The third-order valence-electron chi connectivity index (χ3n) is 2.85. The normalized spacial score (nSPS) is 15.2. The first-order valence-corrected chi connectivity index (χ1v) is 7.13. The van der Waals surface area contributed by atoms with Gasteiger partial charge in [-0.05, 0) is 20.8 Å². The summed E-state index contributed by atoms with van der Waals surface area (Å²) in [5, 5.41) is 5.39. The van der Waals surface area contributed by atoms with Crippen LogP contribution in [0, 0.1) is 0 Å². The lowest BCUT2D eigenvalue weighted by Crippen LogP contribution is -2.48. The maximum atomic E-state index is 11.6. The van der Waals surface area contributed by atoms with E-state index in [1.54, 1.807) is 33.2 Å². The van der Waals surface area contributed by atoms with E-state index < -0.39 is 11.7 Å². The largest absolute Gasteiger partial charge is 0.444 e. The Bertz CT molecular complexity index is 538. The highest BCUT2D eigenvalue weighted by molar-refractivity contribution is 5.81. The summed E-state index contributed by atoms with van der Waals surface area (Å²) >= 11 is 0. The summed E-state index contributed by atoms with van der Waals surface area (Å²) in [5.41, 5.74) is 0.232. The van der Waals surface area contributed by atoms with E-state index >= 15 is 0 Å². The fourth-order valence-electron chi connectivity index (χ4n) is 1.90. The van der Waals surface area contributed by atoms with E-state index in [1.807, 2.05) is 4.90 Å². The summed E-state index contributed by atoms with van der Waals surface area (Å²) in [5.74, 6) is 0.474. The van der Waals surface area contributed by atoms with Gasteiger partial charge in [0.05, 0.1) is 6.54 Å². The number of aromatic nitrogens is 2. The first-order valence-electron chi connectivity index (χ1n) is 7.13. The van der Waals surface area contributed by atoms with Crippen LogP contribution in [0.3, 0.4) is 0 Å². The van der Waals surface area contributed by atoms with Crippen molar-refractivity contribution < 1.29 is 14.3 Å². The van der Waals surface area contributed by atoms with Gasteiger partial charge in [-0.25, -0.2) is 14.8 Å². The molecule has 22 heavy (non-hydrogen) atoms. The monoisotopic (exact) mass is 307 g/mol. The SMILES string of the molecule is CC(C)(C)OC(=O)NCc1cnc(N2CCNC(=O)C2)nc1. The van der Waals surface area contributed by atoms with Crippen molar-refractivity contribution in [3.63, 3.8) is 0 Å². The van der Waals surface area contributed by atoms with Crippen molar-refractivity contribution in [2.24, 2.45) is 0 Å². The number of ether oxygens (including phenoxy) is 1. The van der Waals surface area contributed by atoms with E-state index in [1.165, 1.54) is 0 Å².